The van der Waals surface area contributed by atoms with Crippen molar-refractivity contribution in [1.29, 1.82) is 0 Å². The van der Waals surface area contributed by atoms with Gasteiger partial charge < -0.3 is 14.2 Å². The van der Waals surface area contributed by atoms with Gasteiger partial charge in [-0.2, -0.15) is 0 Å². The van der Waals surface area contributed by atoms with E-state index in [2.05, 4.69) is 9.97 Å². The zero-order valence-corrected chi connectivity index (χ0v) is 27.7. The Morgan fingerprint density at radius 2 is 1.05 bits per heavy atom. The molecule has 0 aliphatic carbocycles. The molecule has 0 unspecified atom stereocenters. The fraction of sp³-hybridized carbons (Fsp3) is 0.217. The highest BCUT2D eigenvalue weighted by atomic mass is 35.6. The standard InChI is InChI=1S/C14H8Cl5NO3.C9H6Cl5NO2/c1-7-9(15)11(10(16)12(20-7)14(17,18)19)23-13(21)22-8-5-3-2-4-6-8;1-3-5(10)7(17-4(2)16)6(11)8(15-3)9(12,13)14/h2-6H,1H3;1-2H3. The van der Waals surface area contributed by atoms with Crippen molar-refractivity contribution in [1.82, 2.24) is 9.97 Å². The van der Waals surface area contributed by atoms with Crippen molar-refractivity contribution in [2.24, 2.45) is 0 Å². The second kappa shape index (κ2) is 14.6. The smallest absolute Gasteiger partial charge is 0.423 e. The van der Waals surface area contributed by atoms with Gasteiger partial charge in [0.15, 0.2) is 11.5 Å². The van der Waals surface area contributed by atoms with Crippen molar-refractivity contribution in [3.63, 3.8) is 0 Å². The molecule has 0 bridgehead atoms. The van der Waals surface area contributed by atoms with Gasteiger partial charge in [-0.25, -0.2) is 4.79 Å². The van der Waals surface area contributed by atoms with Crippen molar-refractivity contribution < 1.29 is 23.8 Å². The SMILES string of the molecule is CC(=O)Oc1c(Cl)c(C)nc(C(Cl)(Cl)Cl)c1Cl.Cc1nc(C(Cl)(Cl)Cl)c(Cl)c(OC(=O)Oc2ccccc2)c1Cl. The van der Waals surface area contributed by atoms with Crippen molar-refractivity contribution in [3.8, 4) is 17.2 Å². The van der Waals surface area contributed by atoms with E-state index in [0.29, 0.717) is 5.69 Å². The molecule has 0 amide bonds. The number of halogens is 10. The molecular weight excluding hydrogens is 739 g/mol. The predicted molar refractivity (Wildman–Crippen MR) is 161 cm³/mol. The summed E-state index contributed by atoms with van der Waals surface area (Å²) in [5, 5.41) is -0.178. The Labute approximate surface area is 278 Å². The third kappa shape index (κ3) is 9.60. The minimum absolute atomic E-state index is 0.0120. The van der Waals surface area contributed by atoms with Crippen molar-refractivity contribution in [2.75, 3.05) is 0 Å². The molecule has 0 N–H and O–H groups in total. The number of pyridine rings is 2. The average Bonchev–Trinajstić information content (AvgIpc) is 2.83. The number of alkyl halides is 6. The Kier molecular flexibility index (Phi) is 12.9. The van der Waals surface area contributed by atoms with Gasteiger partial charge in [0.05, 0.1) is 11.4 Å². The number of esters is 1. The summed E-state index contributed by atoms with van der Waals surface area (Å²) >= 11 is 58.5. The number of para-hydroxylation sites is 1. The predicted octanol–water partition coefficient (Wildman–Crippen LogP) is 10.6. The van der Waals surface area contributed by atoms with Crippen LogP contribution in [0.25, 0.3) is 0 Å². The van der Waals surface area contributed by atoms with E-state index in [1.54, 1.807) is 44.2 Å². The number of ether oxygens (including phenoxy) is 3. The first-order valence-electron chi connectivity index (χ1n) is 10.3. The summed E-state index contributed by atoms with van der Waals surface area (Å²) in [6, 6.07) is 8.32. The number of aromatic nitrogens is 2. The molecule has 0 saturated heterocycles. The number of hydrogen-bond donors (Lipinski definition) is 0. The molecule has 0 aliphatic rings. The fourth-order valence-corrected chi connectivity index (χ4v) is 4.85. The molecule has 3 aromatic rings. The maximum atomic E-state index is 11.9. The Balaban J connectivity index is 0.000000294. The molecule has 17 heteroatoms. The van der Waals surface area contributed by atoms with Gasteiger partial charge in [-0.3, -0.25) is 14.8 Å². The number of rotatable bonds is 3. The van der Waals surface area contributed by atoms with Gasteiger partial charge >= 0.3 is 12.1 Å². The Hall–Kier alpha value is -0.840. The number of hydrogen-bond acceptors (Lipinski definition) is 7. The van der Waals surface area contributed by atoms with Crippen LogP contribution in [0.5, 0.6) is 17.2 Å². The lowest BCUT2D eigenvalue weighted by Crippen LogP contribution is -2.16. The highest BCUT2D eigenvalue weighted by Crippen LogP contribution is 2.47. The molecule has 0 aliphatic heterocycles. The minimum atomic E-state index is -1.91. The van der Waals surface area contributed by atoms with Crippen LogP contribution in [0.15, 0.2) is 30.3 Å². The van der Waals surface area contributed by atoms with Crippen LogP contribution in [0, 0.1) is 13.8 Å². The molecule has 40 heavy (non-hydrogen) atoms. The Morgan fingerprint density at radius 3 is 1.43 bits per heavy atom. The zero-order chi connectivity index (χ0) is 30.6. The molecule has 2 heterocycles. The summed E-state index contributed by atoms with van der Waals surface area (Å²) in [5.41, 5.74) is 0.476. The third-order valence-electron chi connectivity index (χ3n) is 4.32. The van der Waals surface area contributed by atoms with Crippen LogP contribution in [-0.2, 0) is 12.4 Å². The number of benzene rings is 1. The van der Waals surface area contributed by atoms with E-state index in [9.17, 15) is 9.59 Å². The number of nitrogens with zero attached hydrogens (tertiary/aromatic N) is 2. The molecule has 2 aromatic heterocycles. The first-order valence-corrected chi connectivity index (χ1v) is 14.1. The summed E-state index contributed by atoms with van der Waals surface area (Å²) in [6.45, 7) is 4.33. The molecule has 0 atom stereocenters. The number of carbonyl (C=O) groups excluding carboxylic acids is 2. The largest absolute Gasteiger partial charge is 0.519 e. The number of carbonyl (C=O) groups is 2. The molecule has 7 nitrogen and oxygen atoms in total. The lowest BCUT2D eigenvalue weighted by molar-refractivity contribution is -0.131. The monoisotopic (exact) mass is 748 g/mol. The molecule has 0 fully saturated rings. The van der Waals surface area contributed by atoms with Gasteiger partial charge in [0.2, 0.25) is 7.59 Å². The second-order valence-electron chi connectivity index (χ2n) is 7.36. The van der Waals surface area contributed by atoms with Crippen molar-refractivity contribution >= 4 is 128 Å². The quantitative estimate of drug-likeness (QED) is 0.150. The lowest BCUT2D eigenvalue weighted by atomic mass is 10.3. The summed E-state index contributed by atoms with van der Waals surface area (Å²) < 4.78 is 11.2. The third-order valence-corrected chi connectivity index (χ3v) is 6.99. The lowest BCUT2D eigenvalue weighted by Gasteiger charge is -2.17. The molecule has 1 aromatic carbocycles. The topological polar surface area (TPSA) is 87.6 Å². The van der Waals surface area contributed by atoms with Gasteiger partial charge in [0, 0.05) is 6.92 Å². The molecule has 0 radical (unpaired) electrons. The summed E-state index contributed by atoms with van der Waals surface area (Å²) in [7, 11) is 0. The summed E-state index contributed by atoms with van der Waals surface area (Å²) in [5.74, 6) is -0.551. The first kappa shape index (κ1) is 35.4. The van der Waals surface area contributed by atoms with Crippen LogP contribution < -0.4 is 14.2 Å². The highest BCUT2D eigenvalue weighted by molar-refractivity contribution is 6.67. The van der Waals surface area contributed by atoms with E-state index in [1.165, 1.54) is 6.92 Å². The van der Waals surface area contributed by atoms with Crippen LogP contribution in [0.2, 0.25) is 20.1 Å². The van der Waals surface area contributed by atoms with E-state index < -0.39 is 19.7 Å². The van der Waals surface area contributed by atoms with Crippen LogP contribution >= 0.6 is 116 Å². The Bertz CT molecular complexity index is 1410. The van der Waals surface area contributed by atoms with Gasteiger partial charge in [0.25, 0.3) is 0 Å². The highest BCUT2D eigenvalue weighted by Gasteiger charge is 2.33. The van der Waals surface area contributed by atoms with Gasteiger partial charge in [-0.15, -0.1) is 0 Å². The van der Waals surface area contributed by atoms with E-state index in [4.69, 9.17) is 130 Å². The molecule has 3 rings (SSSR count). The maximum absolute atomic E-state index is 11.9. The fourth-order valence-electron chi connectivity index (χ4n) is 2.66. The molecule has 216 valence electrons. The second-order valence-corrected chi connectivity index (χ2v) is 13.4. The molecule has 0 saturated carbocycles. The first-order chi connectivity index (χ1) is 18.3. The normalized spacial score (nSPS) is 11.3. The Morgan fingerprint density at radius 1 is 0.650 bits per heavy atom. The van der Waals surface area contributed by atoms with E-state index >= 15 is 0 Å². The zero-order valence-electron chi connectivity index (χ0n) is 20.1. The molecule has 0 spiro atoms. The van der Waals surface area contributed by atoms with Crippen molar-refractivity contribution in [2.45, 2.75) is 28.4 Å². The summed E-state index contributed by atoms with van der Waals surface area (Å²) in [6.07, 6.45) is -1.04. The van der Waals surface area contributed by atoms with E-state index in [-0.39, 0.29) is 54.4 Å². The van der Waals surface area contributed by atoms with Crippen molar-refractivity contribution in [3.05, 3.63) is 73.2 Å². The van der Waals surface area contributed by atoms with E-state index in [1.807, 2.05) is 0 Å². The van der Waals surface area contributed by atoms with E-state index in [0.717, 1.165) is 0 Å². The average molecular weight is 753 g/mol. The van der Waals surface area contributed by atoms with Crippen LogP contribution in [0.1, 0.15) is 29.7 Å². The summed E-state index contributed by atoms with van der Waals surface area (Å²) in [4.78, 5) is 30.8. The van der Waals surface area contributed by atoms with Crippen LogP contribution in [0.3, 0.4) is 0 Å². The van der Waals surface area contributed by atoms with Crippen LogP contribution in [-0.4, -0.2) is 22.1 Å². The van der Waals surface area contributed by atoms with Gasteiger partial charge in [0.1, 0.15) is 37.2 Å². The number of aryl methyl sites for hydroxylation is 2. The maximum Gasteiger partial charge on any atom is 0.519 e. The van der Waals surface area contributed by atoms with Gasteiger partial charge in [-0.05, 0) is 26.0 Å². The minimum Gasteiger partial charge on any atom is -0.423 e. The van der Waals surface area contributed by atoms with Gasteiger partial charge in [-0.1, -0.05) is 134 Å². The molecular formula is C23H14Cl10N2O5. The van der Waals surface area contributed by atoms with Crippen LogP contribution in [0.4, 0.5) is 4.79 Å².